The monoisotopic (exact) mass is 346 g/mol. The Kier molecular flexibility index (Phi) is 5.59. The largest absolute Gasteiger partial charge is 0.308 e. The molecule has 1 aliphatic carbocycles. The van der Waals surface area contributed by atoms with Crippen molar-refractivity contribution in [1.29, 1.82) is 0 Å². The van der Waals surface area contributed by atoms with Crippen LogP contribution >= 0.6 is 11.6 Å². The number of aryl methyl sites for hydroxylation is 2. The van der Waals surface area contributed by atoms with E-state index in [0.29, 0.717) is 12.1 Å². The summed E-state index contributed by atoms with van der Waals surface area (Å²) in [6.07, 6.45) is 8.90. The number of likely N-dealkylation sites (N-methyl/N-ethyl adjacent to an activating group) is 1. The molecule has 1 aliphatic rings. The molecule has 1 N–H and O–H groups in total. The van der Waals surface area contributed by atoms with E-state index in [1.807, 2.05) is 24.0 Å². The van der Waals surface area contributed by atoms with E-state index < -0.39 is 0 Å². The van der Waals surface area contributed by atoms with Crippen LogP contribution in [0, 0.1) is 0 Å². The first kappa shape index (κ1) is 17.5. The summed E-state index contributed by atoms with van der Waals surface area (Å²) in [6, 6.07) is 7.04. The molecule has 0 fully saturated rings. The summed E-state index contributed by atoms with van der Waals surface area (Å²) >= 11 is 6.26. The van der Waals surface area contributed by atoms with Crippen molar-refractivity contribution in [2.45, 2.75) is 37.8 Å². The van der Waals surface area contributed by atoms with Gasteiger partial charge in [-0.3, -0.25) is 4.68 Å². The van der Waals surface area contributed by atoms with Crippen LogP contribution in [0.15, 0.2) is 30.6 Å². The zero-order valence-electron chi connectivity index (χ0n) is 14.8. The predicted molar refractivity (Wildman–Crippen MR) is 99.4 cm³/mol. The van der Waals surface area contributed by atoms with Crippen molar-refractivity contribution in [2.24, 2.45) is 7.05 Å². The molecule has 0 amide bonds. The summed E-state index contributed by atoms with van der Waals surface area (Å²) in [5.41, 5.74) is 4.07. The van der Waals surface area contributed by atoms with Gasteiger partial charge in [0.15, 0.2) is 0 Å². The highest BCUT2D eigenvalue weighted by Crippen LogP contribution is 2.31. The minimum absolute atomic E-state index is 0.310. The normalized spacial score (nSPS) is 19.1. The molecule has 0 spiro atoms. The number of hydrogen-bond acceptors (Lipinski definition) is 3. The molecule has 3 rings (SSSR count). The molecule has 24 heavy (non-hydrogen) atoms. The molecule has 0 unspecified atom stereocenters. The van der Waals surface area contributed by atoms with Gasteiger partial charge in [0, 0.05) is 42.5 Å². The first-order valence-corrected chi connectivity index (χ1v) is 9.09. The van der Waals surface area contributed by atoms with E-state index in [9.17, 15) is 0 Å². The number of rotatable bonds is 5. The molecular formula is C19H27ClN4. The number of benzene rings is 1. The minimum atomic E-state index is 0.310. The molecule has 130 valence electrons. The number of hydrogen-bond donors (Lipinski definition) is 1. The van der Waals surface area contributed by atoms with E-state index in [0.717, 1.165) is 18.0 Å². The van der Waals surface area contributed by atoms with Gasteiger partial charge in [0.05, 0.1) is 6.20 Å². The Morgan fingerprint density at radius 2 is 2.21 bits per heavy atom. The minimum Gasteiger partial charge on any atom is -0.308 e. The second kappa shape index (κ2) is 7.68. The van der Waals surface area contributed by atoms with E-state index in [-0.39, 0.29) is 0 Å². The van der Waals surface area contributed by atoms with Crippen molar-refractivity contribution in [3.05, 3.63) is 52.3 Å². The average molecular weight is 347 g/mol. The van der Waals surface area contributed by atoms with Gasteiger partial charge in [-0.15, -0.1) is 0 Å². The summed E-state index contributed by atoms with van der Waals surface area (Å²) in [5.74, 6) is 0. The Morgan fingerprint density at radius 3 is 2.92 bits per heavy atom. The lowest BCUT2D eigenvalue weighted by molar-refractivity contribution is 0.277. The average Bonchev–Trinajstić information content (AvgIpc) is 2.86. The maximum atomic E-state index is 6.26. The van der Waals surface area contributed by atoms with Crippen molar-refractivity contribution < 1.29 is 0 Å². The lowest BCUT2D eigenvalue weighted by atomic mass is 9.98. The van der Waals surface area contributed by atoms with Crippen LogP contribution in [-0.4, -0.2) is 35.3 Å². The van der Waals surface area contributed by atoms with Crippen LogP contribution in [0.25, 0.3) is 0 Å². The van der Waals surface area contributed by atoms with Gasteiger partial charge in [0.1, 0.15) is 0 Å². The fraction of sp³-hybridized carbons (Fsp3) is 0.526. The molecule has 0 radical (unpaired) electrons. The maximum Gasteiger partial charge on any atom is 0.0538 e. The van der Waals surface area contributed by atoms with Crippen LogP contribution in [-0.2, 0) is 13.5 Å². The highest BCUT2D eigenvalue weighted by atomic mass is 35.5. The van der Waals surface area contributed by atoms with Crippen LogP contribution in [0.5, 0.6) is 0 Å². The third kappa shape index (κ3) is 4.00. The summed E-state index contributed by atoms with van der Waals surface area (Å²) in [7, 11) is 6.21. The summed E-state index contributed by atoms with van der Waals surface area (Å²) in [5, 5.41) is 8.95. The molecule has 4 nitrogen and oxygen atoms in total. The molecule has 2 atom stereocenters. The molecule has 1 aromatic heterocycles. The molecule has 0 saturated heterocycles. The highest BCUT2D eigenvalue weighted by molar-refractivity contribution is 6.30. The number of aromatic nitrogens is 2. The number of nitrogens with zero attached hydrogens (tertiary/aromatic N) is 3. The molecule has 1 heterocycles. The van der Waals surface area contributed by atoms with Crippen molar-refractivity contribution in [1.82, 2.24) is 20.0 Å². The summed E-state index contributed by atoms with van der Waals surface area (Å²) in [4.78, 5) is 2.25. The van der Waals surface area contributed by atoms with Crippen molar-refractivity contribution in [3.8, 4) is 0 Å². The lowest BCUT2D eigenvalue weighted by Crippen LogP contribution is -2.33. The van der Waals surface area contributed by atoms with Gasteiger partial charge in [-0.25, -0.2) is 0 Å². The van der Waals surface area contributed by atoms with Crippen LogP contribution in [0.2, 0.25) is 5.02 Å². The summed E-state index contributed by atoms with van der Waals surface area (Å²) < 4.78 is 1.87. The van der Waals surface area contributed by atoms with Gasteiger partial charge in [-0.2, -0.15) is 5.10 Å². The van der Waals surface area contributed by atoms with Crippen LogP contribution in [0.4, 0.5) is 0 Å². The van der Waals surface area contributed by atoms with Gasteiger partial charge < -0.3 is 10.2 Å². The Balaban J connectivity index is 1.76. The first-order chi connectivity index (χ1) is 11.5. The van der Waals surface area contributed by atoms with E-state index in [4.69, 9.17) is 11.6 Å². The fourth-order valence-corrected chi connectivity index (χ4v) is 3.79. The van der Waals surface area contributed by atoms with Gasteiger partial charge in [-0.05, 0) is 56.6 Å². The third-order valence-electron chi connectivity index (χ3n) is 4.96. The zero-order valence-corrected chi connectivity index (χ0v) is 15.6. The van der Waals surface area contributed by atoms with Crippen molar-refractivity contribution >= 4 is 11.6 Å². The lowest BCUT2D eigenvalue weighted by Gasteiger charge is -2.27. The Labute approximate surface area is 149 Å². The molecule has 0 saturated carbocycles. The van der Waals surface area contributed by atoms with E-state index in [1.54, 1.807) is 0 Å². The topological polar surface area (TPSA) is 33.1 Å². The van der Waals surface area contributed by atoms with E-state index >= 15 is 0 Å². The Hall–Kier alpha value is -1.36. The van der Waals surface area contributed by atoms with Gasteiger partial charge in [0.2, 0.25) is 0 Å². The maximum absolute atomic E-state index is 6.26. The highest BCUT2D eigenvalue weighted by Gasteiger charge is 2.22. The smallest absolute Gasteiger partial charge is 0.0538 e. The van der Waals surface area contributed by atoms with E-state index in [1.165, 1.54) is 36.0 Å². The number of fused-ring (bicyclic) bond motifs is 1. The SMILES string of the molecule is CN(C)[C@@H](CN[C@H]1CCCCc2ccc(Cl)cc21)c1cnn(C)c1. The predicted octanol–water partition coefficient (Wildman–Crippen LogP) is 3.73. The molecule has 0 aliphatic heterocycles. The molecule has 2 aromatic rings. The van der Waals surface area contributed by atoms with Crippen molar-refractivity contribution in [2.75, 3.05) is 20.6 Å². The fourth-order valence-electron chi connectivity index (χ4n) is 3.61. The van der Waals surface area contributed by atoms with E-state index in [2.05, 4.69) is 47.7 Å². The standard InChI is InChI=1S/C19H27ClN4/c1-23(2)19(15-11-22-24(3)13-15)12-21-18-7-5-4-6-14-8-9-16(20)10-17(14)18/h8-11,13,18-19,21H,4-7,12H2,1-3H3/t18-,19-/m0/s1. The number of halogens is 1. The first-order valence-electron chi connectivity index (χ1n) is 8.71. The Bertz CT molecular complexity index is 680. The Morgan fingerprint density at radius 1 is 1.38 bits per heavy atom. The molecule has 1 aromatic carbocycles. The van der Waals surface area contributed by atoms with Crippen LogP contribution < -0.4 is 5.32 Å². The summed E-state index contributed by atoms with van der Waals surface area (Å²) in [6.45, 7) is 0.898. The number of nitrogens with one attached hydrogen (secondary N) is 1. The van der Waals surface area contributed by atoms with Crippen LogP contribution in [0.3, 0.4) is 0 Å². The van der Waals surface area contributed by atoms with Gasteiger partial charge >= 0.3 is 0 Å². The second-order valence-corrected chi connectivity index (χ2v) is 7.41. The van der Waals surface area contributed by atoms with Crippen molar-refractivity contribution in [3.63, 3.8) is 0 Å². The molecular weight excluding hydrogens is 320 g/mol. The third-order valence-corrected chi connectivity index (χ3v) is 5.20. The molecule has 0 bridgehead atoms. The second-order valence-electron chi connectivity index (χ2n) is 6.98. The molecule has 5 heteroatoms. The quantitative estimate of drug-likeness (QED) is 0.837. The van der Waals surface area contributed by atoms with Crippen LogP contribution in [0.1, 0.15) is 48.0 Å². The van der Waals surface area contributed by atoms with Gasteiger partial charge in [0.25, 0.3) is 0 Å². The zero-order chi connectivity index (χ0) is 17.1. The van der Waals surface area contributed by atoms with Gasteiger partial charge in [-0.1, -0.05) is 24.1 Å².